The van der Waals surface area contributed by atoms with Gasteiger partial charge in [0, 0.05) is 11.1 Å². The van der Waals surface area contributed by atoms with Crippen LogP contribution in [0.5, 0.6) is 0 Å². The third-order valence-electron chi connectivity index (χ3n) is 3.66. The number of carboxylic acid groups (broad SMARTS) is 1. The first-order chi connectivity index (χ1) is 7.17. The maximum absolute atomic E-state index is 12.2. The zero-order valence-electron chi connectivity index (χ0n) is 10.6. The standard InChI is InChI=1S/C12H22NO3/c1-11(2)7-5-9(10(14)15)6-8-12(3,4)13(11)16/h9H,5-8H2,1-4H3,(H,14,15). The van der Waals surface area contributed by atoms with Crippen LogP contribution in [0.3, 0.4) is 0 Å². The maximum atomic E-state index is 12.2. The first kappa shape index (κ1) is 13.5. The van der Waals surface area contributed by atoms with Gasteiger partial charge < -0.3 is 5.11 Å². The van der Waals surface area contributed by atoms with Crippen molar-refractivity contribution >= 4 is 5.97 Å². The van der Waals surface area contributed by atoms with E-state index in [0.717, 1.165) is 5.06 Å². The summed E-state index contributed by atoms with van der Waals surface area (Å²) in [6, 6.07) is 0. The van der Waals surface area contributed by atoms with E-state index in [4.69, 9.17) is 5.11 Å². The predicted molar refractivity (Wildman–Crippen MR) is 60.3 cm³/mol. The Morgan fingerprint density at radius 3 is 1.81 bits per heavy atom. The van der Waals surface area contributed by atoms with Gasteiger partial charge in [0.1, 0.15) is 0 Å². The summed E-state index contributed by atoms with van der Waals surface area (Å²) in [6.45, 7) is 7.58. The van der Waals surface area contributed by atoms with Crippen LogP contribution in [-0.4, -0.2) is 27.2 Å². The quantitative estimate of drug-likeness (QED) is 0.750. The van der Waals surface area contributed by atoms with Crippen LogP contribution in [0, 0.1) is 5.92 Å². The summed E-state index contributed by atoms with van der Waals surface area (Å²) in [4.78, 5) is 11.0. The molecule has 4 nitrogen and oxygen atoms in total. The Morgan fingerprint density at radius 2 is 1.50 bits per heavy atom. The number of aliphatic carboxylic acids is 1. The molecule has 0 spiro atoms. The van der Waals surface area contributed by atoms with Gasteiger partial charge in [-0.1, -0.05) is 0 Å². The molecule has 0 unspecified atom stereocenters. The minimum absolute atomic E-state index is 0.299. The summed E-state index contributed by atoms with van der Waals surface area (Å²) in [5.74, 6) is -1.03. The van der Waals surface area contributed by atoms with Crippen molar-refractivity contribution in [3.05, 3.63) is 0 Å². The summed E-state index contributed by atoms with van der Waals surface area (Å²) < 4.78 is 0. The van der Waals surface area contributed by atoms with Crippen molar-refractivity contribution in [3.8, 4) is 0 Å². The molecule has 1 heterocycles. The van der Waals surface area contributed by atoms with Crippen molar-refractivity contribution in [2.24, 2.45) is 5.92 Å². The molecule has 93 valence electrons. The van der Waals surface area contributed by atoms with Crippen molar-refractivity contribution in [1.82, 2.24) is 5.06 Å². The zero-order valence-corrected chi connectivity index (χ0v) is 10.6. The molecule has 0 aromatic rings. The molecule has 0 saturated carbocycles. The van der Waals surface area contributed by atoms with Gasteiger partial charge in [-0.3, -0.25) is 4.79 Å². The molecule has 4 heteroatoms. The van der Waals surface area contributed by atoms with Gasteiger partial charge in [-0.15, -0.1) is 10.3 Å². The first-order valence-corrected chi connectivity index (χ1v) is 5.87. The molecule has 0 atom stereocenters. The van der Waals surface area contributed by atoms with E-state index in [1.165, 1.54) is 0 Å². The second-order valence-corrected chi connectivity index (χ2v) is 6.03. The fraction of sp³-hybridized carbons (Fsp3) is 0.917. The lowest BCUT2D eigenvalue weighted by Crippen LogP contribution is -2.54. The number of carboxylic acids is 1. The molecule has 1 aliphatic rings. The Kier molecular flexibility index (Phi) is 3.65. The van der Waals surface area contributed by atoms with Gasteiger partial charge in [-0.25, -0.2) is 0 Å². The number of hydrogen-bond acceptors (Lipinski definition) is 2. The minimum Gasteiger partial charge on any atom is -0.481 e. The normalized spacial score (nSPS) is 27.1. The van der Waals surface area contributed by atoms with Gasteiger partial charge >= 0.3 is 5.97 Å². The fourth-order valence-electron chi connectivity index (χ4n) is 2.47. The zero-order chi connectivity index (χ0) is 12.6. The number of hydroxylamine groups is 2. The van der Waals surface area contributed by atoms with Gasteiger partial charge in [0.2, 0.25) is 0 Å². The number of rotatable bonds is 1. The third kappa shape index (κ3) is 2.74. The van der Waals surface area contributed by atoms with Crippen molar-refractivity contribution in [2.75, 3.05) is 0 Å². The molecule has 0 bridgehead atoms. The monoisotopic (exact) mass is 228 g/mol. The van der Waals surface area contributed by atoms with Gasteiger partial charge in [-0.05, 0) is 53.4 Å². The molecule has 1 fully saturated rings. The highest BCUT2D eigenvalue weighted by Gasteiger charge is 2.41. The Balaban J connectivity index is 2.86. The van der Waals surface area contributed by atoms with Crippen LogP contribution < -0.4 is 0 Å². The SMILES string of the molecule is CC1(C)CCC(C(=O)O)CCC(C)(C)N1[O]. The van der Waals surface area contributed by atoms with E-state index in [1.54, 1.807) is 0 Å². The molecule has 1 radical (unpaired) electrons. The summed E-state index contributed by atoms with van der Waals surface area (Å²) in [7, 11) is 0. The molecule has 0 aromatic carbocycles. The van der Waals surface area contributed by atoms with Gasteiger partial charge in [-0.2, -0.15) is 0 Å². The highest BCUT2D eigenvalue weighted by Crippen LogP contribution is 2.36. The molecule has 1 saturated heterocycles. The number of carbonyl (C=O) groups is 1. The predicted octanol–water partition coefficient (Wildman–Crippen LogP) is 2.47. The van der Waals surface area contributed by atoms with Gasteiger partial charge in [0.05, 0.1) is 5.92 Å². The Bertz CT molecular complexity index is 253. The van der Waals surface area contributed by atoms with Gasteiger partial charge in [0.25, 0.3) is 0 Å². The summed E-state index contributed by atoms with van der Waals surface area (Å²) in [5, 5.41) is 22.4. The molecule has 1 N–H and O–H groups in total. The number of hydrogen-bond donors (Lipinski definition) is 1. The van der Waals surface area contributed by atoms with E-state index in [0.29, 0.717) is 25.7 Å². The van der Waals surface area contributed by atoms with Crippen LogP contribution in [0.25, 0.3) is 0 Å². The highest BCUT2D eigenvalue weighted by atomic mass is 16.5. The number of nitrogens with zero attached hydrogens (tertiary/aromatic N) is 1. The van der Waals surface area contributed by atoms with Crippen LogP contribution in [0.15, 0.2) is 0 Å². The second-order valence-electron chi connectivity index (χ2n) is 6.03. The minimum atomic E-state index is -0.731. The Labute approximate surface area is 97.2 Å². The fourth-order valence-corrected chi connectivity index (χ4v) is 2.47. The molecular formula is C12H22NO3. The van der Waals surface area contributed by atoms with E-state index in [1.807, 2.05) is 27.7 Å². The molecule has 1 aliphatic heterocycles. The van der Waals surface area contributed by atoms with Crippen molar-refractivity contribution in [3.63, 3.8) is 0 Å². The average Bonchev–Trinajstić information content (AvgIpc) is 2.14. The largest absolute Gasteiger partial charge is 0.481 e. The van der Waals surface area contributed by atoms with E-state index >= 15 is 0 Å². The van der Waals surface area contributed by atoms with Crippen LogP contribution in [-0.2, 0) is 10.0 Å². The molecule has 0 aliphatic carbocycles. The molecular weight excluding hydrogens is 206 g/mol. The van der Waals surface area contributed by atoms with Gasteiger partial charge in [0.15, 0.2) is 0 Å². The van der Waals surface area contributed by atoms with E-state index in [2.05, 4.69) is 0 Å². The maximum Gasteiger partial charge on any atom is 0.306 e. The van der Waals surface area contributed by atoms with Crippen molar-refractivity contribution < 1.29 is 15.1 Å². The smallest absolute Gasteiger partial charge is 0.306 e. The lowest BCUT2D eigenvalue weighted by molar-refractivity contribution is -0.278. The summed E-state index contributed by atoms with van der Waals surface area (Å²) >= 11 is 0. The van der Waals surface area contributed by atoms with E-state index in [-0.39, 0.29) is 5.92 Å². The average molecular weight is 228 g/mol. The Morgan fingerprint density at radius 1 is 1.12 bits per heavy atom. The van der Waals surface area contributed by atoms with Crippen LogP contribution >= 0.6 is 0 Å². The summed E-state index contributed by atoms with van der Waals surface area (Å²) in [6.07, 6.45) is 2.46. The highest BCUT2D eigenvalue weighted by molar-refractivity contribution is 5.69. The van der Waals surface area contributed by atoms with Crippen molar-refractivity contribution in [2.45, 2.75) is 64.5 Å². The molecule has 1 rings (SSSR count). The molecule has 0 aromatic heterocycles. The molecule has 16 heavy (non-hydrogen) atoms. The lowest BCUT2D eigenvalue weighted by Gasteiger charge is -2.44. The van der Waals surface area contributed by atoms with E-state index < -0.39 is 17.0 Å². The Hall–Kier alpha value is -0.610. The van der Waals surface area contributed by atoms with Crippen molar-refractivity contribution in [1.29, 1.82) is 0 Å². The van der Waals surface area contributed by atoms with Crippen LogP contribution in [0.1, 0.15) is 53.4 Å². The second kappa shape index (κ2) is 4.34. The van der Waals surface area contributed by atoms with Crippen LogP contribution in [0.2, 0.25) is 0 Å². The topological polar surface area (TPSA) is 60.4 Å². The van der Waals surface area contributed by atoms with Crippen LogP contribution in [0.4, 0.5) is 0 Å². The summed E-state index contributed by atoms with van der Waals surface area (Å²) in [5.41, 5.74) is -0.949. The third-order valence-corrected chi connectivity index (χ3v) is 3.66. The first-order valence-electron chi connectivity index (χ1n) is 5.87. The van der Waals surface area contributed by atoms with E-state index in [9.17, 15) is 10.0 Å². The molecule has 0 amide bonds. The lowest BCUT2D eigenvalue weighted by atomic mass is 9.80.